The van der Waals surface area contributed by atoms with E-state index in [4.69, 9.17) is 0 Å². The van der Waals surface area contributed by atoms with E-state index in [1.54, 1.807) is 23.9 Å². The van der Waals surface area contributed by atoms with E-state index in [2.05, 4.69) is 17.0 Å². The molecule has 0 bridgehead atoms. The van der Waals surface area contributed by atoms with Crippen LogP contribution in [-0.2, 0) is 0 Å². The first-order valence-electron chi connectivity index (χ1n) is 11.3. The number of benzene rings is 2. The van der Waals surface area contributed by atoms with Crippen LogP contribution in [-0.4, -0.2) is 62.1 Å². The zero-order chi connectivity index (χ0) is 22.7. The van der Waals surface area contributed by atoms with Crippen LogP contribution in [0.1, 0.15) is 46.9 Å². The highest BCUT2D eigenvalue weighted by atomic mass is 32.2. The van der Waals surface area contributed by atoms with Crippen molar-refractivity contribution in [1.82, 2.24) is 4.90 Å². The molecule has 0 unspecified atom stereocenters. The van der Waals surface area contributed by atoms with E-state index in [-0.39, 0.29) is 11.7 Å². The summed E-state index contributed by atoms with van der Waals surface area (Å²) in [5.74, 6) is -0.492. The Balaban J connectivity index is 1.49. The number of carbonyl (C=O) groups is 2. The van der Waals surface area contributed by atoms with Crippen molar-refractivity contribution in [3.05, 3.63) is 53.3 Å². The normalized spacial score (nSPS) is 16.9. The number of anilines is 2. The highest BCUT2D eigenvalue weighted by Gasteiger charge is 2.27. The molecule has 0 aromatic heterocycles. The van der Waals surface area contributed by atoms with Crippen LogP contribution in [0, 0.1) is 5.82 Å². The van der Waals surface area contributed by atoms with Crippen LogP contribution in [0.3, 0.4) is 0 Å². The molecule has 0 spiro atoms. The van der Waals surface area contributed by atoms with Gasteiger partial charge in [-0.25, -0.2) is 4.39 Å². The molecule has 2 aliphatic rings. The molecule has 4 rings (SSSR count). The van der Waals surface area contributed by atoms with Gasteiger partial charge < -0.3 is 14.7 Å². The van der Waals surface area contributed by atoms with Gasteiger partial charge in [0.05, 0.1) is 11.3 Å². The molecular weight excluding hydrogens is 425 g/mol. The lowest BCUT2D eigenvalue weighted by Crippen LogP contribution is -2.49. The molecule has 32 heavy (non-hydrogen) atoms. The average Bonchev–Trinajstić information content (AvgIpc) is 2.83. The summed E-state index contributed by atoms with van der Waals surface area (Å²) in [5.41, 5.74) is 2.66. The molecule has 0 aliphatic carbocycles. The molecule has 2 aromatic rings. The Labute approximate surface area is 193 Å². The molecule has 0 atom stereocenters. The summed E-state index contributed by atoms with van der Waals surface area (Å²) in [7, 11) is 0. The first-order valence-corrected chi connectivity index (χ1v) is 12.5. The lowest BCUT2D eigenvalue weighted by atomic mass is 10.1. The van der Waals surface area contributed by atoms with Crippen LogP contribution in [0.5, 0.6) is 0 Å². The molecule has 1 amide bonds. The number of carbonyl (C=O) groups excluding carboxylic acids is 2. The molecule has 2 aliphatic heterocycles. The molecule has 2 fully saturated rings. The minimum absolute atomic E-state index is 0.0496. The fourth-order valence-corrected chi connectivity index (χ4v) is 4.97. The Bertz CT molecular complexity index is 999. The van der Waals surface area contributed by atoms with E-state index in [9.17, 15) is 14.0 Å². The molecule has 0 N–H and O–H groups in total. The molecule has 5 nitrogen and oxygen atoms in total. The van der Waals surface area contributed by atoms with Gasteiger partial charge in [0.1, 0.15) is 5.82 Å². The number of ketones is 1. The van der Waals surface area contributed by atoms with Crippen molar-refractivity contribution in [2.24, 2.45) is 0 Å². The third kappa shape index (κ3) is 4.77. The maximum atomic E-state index is 14.6. The molecule has 2 heterocycles. The van der Waals surface area contributed by atoms with Crippen molar-refractivity contribution in [3.63, 3.8) is 0 Å². The summed E-state index contributed by atoms with van der Waals surface area (Å²) in [4.78, 5) is 32.3. The van der Waals surface area contributed by atoms with E-state index in [1.165, 1.54) is 19.4 Å². The van der Waals surface area contributed by atoms with E-state index in [0.717, 1.165) is 42.1 Å². The Morgan fingerprint density at radius 3 is 2.12 bits per heavy atom. The van der Waals surface area contributed by atoms with Gasteiger partial charge in [-0.05, 0) is 68.8 Å². The third-order valence-corrected chi connectivity index (χ3v) is 7.12. The maximum Gasteiger partial charge on any atom is 0.256 e. The average molecular weight is 456 g/mol. The maximum absolute atomic E-state index is 14.6. The van der Waals surface area contributed by atoms with Gasteiger partial charge in [-0.2, -0.15) is 0 Å². The molecule has 0 saturated carbocycles. The summed E-state index contributed by atoms with van der Waals surface area (Å²) in [6, 6.07) is 10.8. The topological polar surface area (TPSA) is 43.9 Å². The number of nitrogens with zero attached hydrogens (tertiary/aromatic N) is 3. The number of rotatable bonds is 5. The molecule has 0 radical (unpaired) electrons. The van der Waals surface area contributed by atoms with Gasteiger partial charge in [-0.3, -0.25) is 9.59 Å². The van der Waals surface area contributed by atoms with E-state index in [1.807, 2.05) is 22.1 Å². The summed E-state index contributed by atoms with van der Waals surface area (Å²) >= 11 is 1.64. The number of piperazine rings is 1. The van der Waals surface area contributed by atoms with E-state index in [0.29, 0.717) is 37.4 Å². The molecule has 2 aromatic carbocycles. The second-order valence-electron chi connectivity index (χ2n) is 8.43. The van der Waals surface area contributed by atoms with E-state index >= 15 is 0 Å². The Morgan fingerprint density at radius 2 is 1.50 bits per heavy atom. The largest absolute Gasteiger partial charge is 0.371 e. The fraction of sp³-hybridized carbons (Fsp3) is 0.440. The van der Waals surface area contributed by atoms with E-state index < -0.39 is 5.82 Å². The van der Waals surface area contributed by atoms with Crippen molar-refractivity contribution >= 4 is 34.8 Å². The fourth-order valence-electron chi connectivity index (χ4n) is 4.53. The number of hydrogen-bond acceptors (Lipinski definition) is 5. The summed E-state index contributed by atoms with van der Waals surface area (Å²) in [6.45, 7) is 5.60. The van der Waals surface area contributed by atoms with Crippen LogP contribution < -0.4 is 9.80 Å². The highest BCUT2D eigenvalue weighted by Crippen LogP contribution is 2.30. The quantitative estimate of drug-likeness (QED) is 0.483. The standard InChI is InChI=1S/C25H30FN3O2S/c1-18(30)19-6-8-24(22(26)16-19)28-12-14-29(15-13-28)25(31)21-17-20(32-2)7-9-23(21)27-10-4-3-5-11-27/h6-9,16-17H,3-5,10-15H2,1-2H3. The van der Waals surface area contributed by atoms with Gasteiger partial charge in [0.15, 0.2) is 5.78 Å². The first-order chi connectivity index (χ1) is 15.5. The minimum Gasteiger partial charge on any atom is -0.371 e. The molecular formula is C25H30FN3O2S. The smallest absolute Gasteiger partial charge is 0.256 e. The predicted octanol–water partition coefficient (Wildman–Crippen LogP) is 4.70. The van der Waals surface area contributed by atoms with Crippen LogP contribution in [0.2, 0.25) is 0 Å². The zero-order valence-corrected chi connectivity index (χ0v) is 19.6. The summed E-state index contributed by atoms with van der Waals surface area (Å²) in [5, 5.41) is 0. The number of piperidine rings is 1. The highest BCUT2D eigenvalue weighted by molar-refractivity contribution is 7.98. The number of hydrogen-bond donors (Lipinski definition) is 0. The van der Waals surface area contributed by atoms with Gasteiger partial charge in [0, 0.05) is 55.4 Å². The van der Waals surface area contributed by atoms with Crippen molar-refractivity contribution < 1.29 is 14.0 Å². The van der Waals surface area contributed by atoms with Crippen LogP contribution >= 0.6 is 11.8 Å². The molecule has 170 valence electrons. The Kier molecular flexibility index (Phi) is 7.04. The SMILES string of the molecule is CSc1ccc(N2CCCCC2)c(C(=O)N2CCN(c3ccc(C(C)=O)cc3F)CC2)c1. The van der Waals surface area contributed by atoms with Gasteiger partial charge in [-0.1, -0.05) is 0 Å². The van der Waals surface area contributed by atoms with Gasteiger partial charge in [-0.15, -0.1) is 11.8 Å². The number of thioether (sulfide) groups is 1. The summed E-state index contributed by atoms with van der Waals surface area (Å²) in [6.07, 6.45) is 5.58. The lowest BCUT2D eigenvalue weighted by Gasteiger charge is -2.37. The number of amides is 1. The lowest BCUT2D eigenvalue weighted by molar-refractivity contribution is 0.0746. The van der Waals surface area contributed by atoms with Gasteiger partial charge in [0.2, 0.25) is 0 Å². The number of Topliss-reactive ketones (excluding diaryl/α,β-unsaturated/α-hetero) is 1. The third-order valence-electron chi connectivity index (χ3n) is 6.39. The van der Waals surface area contributed by atoms with Crippen molar-refractivity contribution in [3.8, 4) is 0 Å². The van der Waals surface area contributed by atoms with Crippen molar-refractivity contribution in [1.29, 1.82) is 0 Å². The predicted molar refractivity (Wildman–Crippen MR) is 129 cm³/mol. The Hall–Kier alpha value is -2.54. The second kappa shape index (κ2) is 9.94. The first kappa shape index (κ1) is 22.6. The van der Waals surface area contributed by atoms with Gasteiger partial charge >= 0.3 is 0 Å². The molecule has 2 saturated heterocycles. The Morgan fingerprint density at radius 1 is 0.844 bits per heavy atom. The van der Waals surface area contributed by atoms with Gasteiger partial charge in [0.25, 0.3) is 5.91 Å². The number of halogens is 1. The minimum atomic E-state index is -0.391. The molecule has 7 heteroatoms. The zero-order valence-electron chi connectivity index (χ0n) is 18.8. The second-order valence-corrected chi connectivity index (χ2v) is 9.31. The monoisotopic (exact) mass is 455 g/mol. The van der Waals surface area contributed by atoms with Crippen molar-refractivity contribution in [2.45, 2.75) is 31.1 Å². The van der Waals surface area contributed by atoms with Crippen molar-refractivity contribution in [2.75, 3.05) is 55.3 Å². The van der Waals surface area contributed by atoms with Crippen LogP contribution in [0.25, 0.3) is 0 Å². The van der Waals surface area contributed by atoms with Crippen LogP contribution in [0.15, 0.2) is 41.3 Å². The van der Waals surface area contributed by atoms with Crippen LogP contribution in [0.4, 0.5) is 15.8 Å². The summed E-state index contributed by atoms with van der Waals surface area (Å²) < 4.78 is 14.6.